The Kier molecular flexibility index (Phi) is 5.75. The Morgan fingerprint density at radius 2 is 1.89 bits per heavy atom. The first-order chi connectivity index (χ1) is 8.95. The normalized spacial score (nSPS) is 17.9. The second kappa shape index (κ2) is 7.08. The first-order valence-electron chi connectivity index (χ1n) is 6.41. The average molecular weight is 271 g/mol. The Morgan fingerprint density at radius 1 is 1.32 bits per heavy atom. The van der Waals surface area contributed by atoms with Crippen molar-refractivity contribution in [1.82, 2.24) is 15.5 Å². The molecule has 108 valence electrons. The molecule has 1 aliphatic rings. The fourth-order valence-corrected chi connectivity index (χ4v) is 2.04. The molecule has 0 aromatic carbocycles. The summed E-state index contributed by atoms with van der Waals surface area (Å²) in [6.07, 6.45) is 0.984. The van der Waals surface area contributed by atoms with Gasteiger partial charge in [-0.2, -0.15) is 0 Å². The molecule has 1 fully saturated rings. The Hall–Kier alpha value is -1.63. The molecule has 0 radical (unpaired) electrons. The molecule has 1 aliphatic heterocycles. The van der Waals surface area contributed by atoms with Crippen LogP contribution in [0.15, 0.2) is 0 Å². The highest BCUT2D eigenvalue weighted by Gasteiger charge is 2.27. The lowest BCUT2D eigenvalue weighted by molar-refractivity contribution is -0.145. The fourth-order valence-electron chi connectivity index (χ4n) is 2.04. The van der Waals surface area contributed by atoms with Crippen LogP contribution in [0.5, 0.6) is 0 Å². The van der Waals surface area contributed by atoms with Gasteiger partial charge in [-0.05, 0) is 19.8 Å². The molecule has 0 spiro atoms. The molecular weight excluding hydrogens is 250 g/mol. The van der Waals surface area contributed by atoms with Gasteiger partial charge >= 0.3 is 5.97 Å². The lowest BCUT2D eigenvalue weighted by atomic mass is 9.97. The van der Waals surface area contributed by atoms with Gasteiger partial charge in [0.1, 0.15) is 0 Å². The minimum absolute atomic E-state index is 0.0896. The van der Waals surface area contributed by atoms with Crippen LogP contribution in [0.4, 0.5) is 0 Å². The van der Waals surface area contributed by atoms with E-state index in [-0.39, 0.29) is 24.3 Å². The van der Waals surface area contributed by atoms with E-state index in [1.54, 1.807) is 18.9 Å². The highest BCUT2D eigenvalue weighted by molar-refractivity contribution is 5.83. The molecule has 0 aliphatic carbocycles. The number of nitrogens with zero attached hydrogens (tertiary/aromatic N) is 1. The van der Waals surface area contributed by atoms with Crippen LogP contribution in [-0.4, -0.2) is 60.5 Å². The monoisotopic (exact) mass is 271 g/mol. The Balaban J connectivity index is 2.32. The van der Waals surface area contributed by atoms with Crippen LogP contribution in [-0.2, 0) is 14.4 Å². The van der Waals surface area contributed by atoms with E-state index in [0.29, 0.717) is 25.9 Å². The zero-order valence-electron chi connectivity index (χ0n) is 11.3. The number of carboxylic acid groups (broad SMARTS) is 1. The van der Waals surface area contributed by atoms with Crippen LogP contribution in [0.3, 0.4) is 0 Å². The SMILES string of the molecule is CNC(=O)C(C)NCC(=O)N1CCC(C(=O)O)CC1. The standard InChI is InChI=1S/C12H21N3O4/c1-8(11(17)13-2)14-7-10(16)15-5-3-9(4-6-15)12(18)19/h8-9,14H,3-7H2,1-2H3,(H,13,17)(H,18,19). The number of carbonyl (C=O) groups is 3. The van der Waals surface area contributed by atoms with Crippen molar-refractivity contribution in [3.05, 3.63) is 0 Å². The average Bonchev–Trinajstić information content (AvgIpc) is 2.43. The summed E-state index contributed by atoms with van der Waals surface area (Å²) in [6.45, 7) is 2.70. The number of carboxylic acids is 1. The van der Waals surface area contributed by atoms with E-state index in [2.05, 4.69) is 10.6 Å². The first-order valence-corrected chi connectivity index (χ1v) is 6.41. The molecule has 0 aromatic rings. The topological polar surface area (TPSA) is 98.7 Å². The van der Waals surface area contributed by atoms with Gasteiger partial charge < -0.3 is 15.3 Å². The maximum absolute atomic E-state index is 11.9. The van der Waals surface area contributed by atoms with Crippen molar-refractivity contribution in [2.24, 2.45) is 5.92 Å². The molecule has 0 aromatic heterocycles. The predicted molar refractivity (Wildman–Crippen MR) is 68.5 cm³/mol. The van der Waals surface area contributed by atoms with E-state index >= 15 is 0 Å². The minimum atomic E-state index is -0.793. The van der Waals surface area contributed by atoms with E-state index in [4.69, 9.17) is 5.11 Å². The zero-order chi connectivity index (χ0) is 14.4. The molecule has 1 rings (SSSR count). The number of likely N-dealkylation sites (tertiary alicyclic amines) is 1. The summed E-state index contributed by atoms with van der Waals surface area (Å²) in [5.41, 5.74) is 0. The fraction of sp³-hybridized carbons (Fsp3) is 0.750. The van der Waals surface area contributed by atoms with Gasteiger partial charge in [-0.3, -0.25) is 19.7 Å². The van der Waals surface area contributed by atoms with Crippen LogP contribution in [0.25, 0.3) is 0 Å². The van der Waals surface area contributed by atoms with Crippen molar-refractivity contribution in [2.75, 3.05) is 26.7 Å². The Morgan fingerprint density at radius 3 is 2.37 bits per heavy atom. The molecule has 3 N–H and O–H groups in total. The smallest absolute Gasteiger partial charge is 0.306 e. The van der Waals surface area contributed by atoms with Crippen molar-refractivity contribution in [3.63, 3.8) is 0 Å². The van der Waals surface area contributed by atoms with E-state index in [1.807, 2.05) is 0 Å². The van der Waals surface area contributed by atoms with Gasteiger partial charge in [-0.1, -0.05) is 0 Å². The molecule has 0 bridgehead atoms. The first kappa shape index (κ1) is 15.4. The molecular formula is C12H21N3O4. The van der Waals surface area contributed by atoms with Gasteiger partial charge in [0, 0.05) is 20.1 Å². The number of aliphatic carboxylic acids is 1. The van der Waals surface area contributed by atoms with Crippen LogP contribution in [0.2, 0.25) is 0 Å². The summed E-state index contributed by atoms with van der Waals surface area (Å²) in [5, 5.41) is 14.2. The number of nitrogens with one attached hydrogen (secondary N) is 2. The van der Waals surface area contributed by atoms with Gasteiger partial charge in [0.2, 0.25) is 11.8 Å². The highest BCUT2D eigenvalue weighted by Crippen LogP contribution is 2.17. The number of rotatable bonds is 5. The molecule has 1 unspecified atom stereocenters. The molecule has 7 nitrogen and oxygen atoms in total. The number of hydrogen-bond acceptors (Lipinski definition) is 4. The van der Waals surface area contributed by atoms with Crippen molar-refractivity contribution in [3.8, 4) is 0 Å². The molecule has 19 heavy (non-hydrogen) atoms. The number of likely N-dealkylation sites (N-methyl/N-ethyl adjacent to an activating group) is 1. The van der Waals surface area contributed by atoms with Gasteiger partial charge in [0.15, 0.2) is 0 Å². The maximum Gasteiger partial charge on any atom is 0.306 e. The molecule has 0 saturated carbocycles. The number of carbonyl (C=O) groups excluding carboxylic acids is 2. The highest BCUT2D eigenvalue weighted by atomic mass is 16.4. The Bertz CT molecular complexity index is 351. The molecule has 1 heterocycles. The lowest BCUT2D eigenvalue weighted by Gasteiger charge is -2.30. The van der Waals surface area contributed by atoms with Crippen LogP contribution in [0, 0.1) is 5.92 Å². The molecule has 7 heteroatoms. The number of amides is 2. The quantitative estimate of drug-likeness (QED) is 0.598. The second-order valence-corrected chi connectivity index (χ2v) is 4.71. The third-order valence-corrected chi connectivity index (χ3v) is 3.40. The summed E-state index contributed by atoms with van der Waals surface area (Å²) in [6, 6.07) is -0.425. The van der Waals surface area contributed by atoms with E-state index in [9.17, 15) is 14.4 Å². The number of hydrogen-bond donors (Lipinski definition) is 3. The Labute approximate surface area is 112 Å². The van der Waals surface area contributed by atoms with Crippen LogP contribution in [0.1, 0.15) is 19.8 Å². The molecule has 1 atom stereocenters. The third kappa shape index (κ3) is 4.51. The molecule has 2 amide bonds. The van der Waals surface area contributed by atoms with E-state index in [0.717, 1.165) is 0 Å². The molecule has 1 saturated heterocycles. The van der Waals surface area contributed by atoms with E-state index < -0.39 is 12.0 Å². The second-order valence-electron chi connectivity index (χ2n) is 4.71. The van der Waals surface area contributed by atoms with Crippen molar-refractivity contribution in [1.29, 1.82) is 0 Å². The van der Waals surface area contributed by atoms with Gasteiger partial charge in [0.25, 0.3) is 0 Å². The summed E-state index contributed by atoms with van der Waals surface area (Å²) in [4.78, 5) is 35.6. The summed E-state index contributed by atoms with van der Waals surface area (Å²) >= 11 is 0. The largest absolute Gasteiger partial charge is 0.481 e. The van der Waals surface area contributed by atoms with Gasteiger partial charge in [0.05, 0.1) is 18.5 Å². The minimum Gasteiger partial charge on any atom is -0.481 e. The van der Waals surface area contributed by atoms with Crippen LogP contribution < -0.4 is 10.6 Å². The maximum atomic E-state index is 11.9. The van der Waals surface area contributed by atoms with E-state index in [1.165, 1.54) is 0 Å². The number of piperidine rings is 1. The summed E-state index contributed by atoms with van der Waals surface area (Å²) in [7, 11) is 1.54. The predicted octanol–water partition coefficient (Wildman–Crippen LogP) is -0.966. The third-order valence-electron chi connectivity index (χ3n) is 3.40. The lowest BCUT2D eigenvalue weighted by Crippen LogP contribution is -2.48. The summed E-state index contributed by atoms with van der Waals surface area (Å²) in [5.74, 6) is -1.41. The summed E-state index contributed by atoms with van der Waals surface area (Å²) < 4.78 is 0. The van der Waals surface area contributed by atoms with Gasteiger partial charge in [-0.25, -0.2) is 0 Å². The zero-order valence-corrected chi connectivity index (χ0v) is 11.3. The van der Waals surface area contributed by atoms with Crippen molar-refractivity contribution < 1.29 is 19.5 Å². The van der Waals surface area contributed by atoms with Crippen molar-refractivity contribution >= 4 is 17.8 Å². The van der Waals surface area contributed by atoms with Crippen LogP contribution >= 0.6 is 0 Å². The van der Waals surface area contributed by atoms with Gasteiger partial charge in [-0.15, -0.1) is 0 Å². The van der Waals surface area contributed by atoms with Crippen molar-refractivity contribution in [2.45, 2.75) is 25.8 Å².